The second kappa shape index (κ2) is 15.9. The van der Waals surface area contributed by atoms with Crippen LogP contribution >= 0.6 is 11.8 Å². The Bertz CT molecular complexity index is 1450. The number of carbonyl (C=O) groups is 2. The number of ether oxygens (including phenoxy) is 2. The summed E-state index contributed by atoms with van der Waals surface area (Å²) < 4.78 is 12.0. The van der Waals surface area contributed by atoms with Crippen molar-refractivity contribution in [2.24, 2.45) is 5.92 Å². The number of ketones is 1. The molecular formula is C36H46N4O5S. The van der Waals surface area contributed by atoms with Gasteiger partial charge in [0.2, 0.25) is 5.88 Å². The Morgan fingerprint density at radius 3 is 2.61 bits per heavy atom. The van der Waals surface area contributed by atoms with Gasteiger partial charge in [0, 0.05) is 48.3 Å². The molecule has 246 valence electrons. The van der Waals surface area contributed by atoms with Gasteiger partial charge >= 0.3 is 5.97 Å². The zero-order valence-corrected chi connectivity index (χ0v) is 28.1. The topological polar surface area (TPSA) is 105 Å². The van der Waals surface area contributed by atoms with Gasteiger partial charge in [0.25, 0.3) is 0 Å². The average molecular weight is 647 g/mol. The maximum atomic E-state index is 12.0. The first kappa shape index (κ1) is 33.9. The molecule has 0 aromatic carbocycles. The molecule has 4 atom stereocenters. The Hall–Kier alpha value is -3.47. The van der Waals surface area contributed by atoms with Gasteiger partial charge in [-0.3, -0.25) is 14.7 Å². The highest BCUT2D eigenvalue weighted by Gasteiger charge is 2.39. The summed E-state index contributed by atoms with van der Waals surface area (Å²) in [5, 5.41) is 9.92. The first-order chi connectivity index (χ1) is 22.3. The van der Waals surface area contributed by atoms with Crippen molar-refractivity contribution in [1.82, 2.24) is 19.8 Å². The van der Waals surface area contributed by atoms with E-state index in [-0.39, 0.29) is 35.8 Å². The van der Waals surface area contributed by atoms with Crippen molar-refractivity contribution in [3.8, 4) is 5.88 Å². The lowest BCUT2D eigenvalue weighted by molar-refractivity contribution is -0.132. The number of Topliss-reactive ketones (excluding diaryl/α,β-unsaturated/α-hetero) is 1. The van der Waals surface area contributed by atoms with Crippen molar-refractivity contribution >= 4 is 23.5 Å². The molecule has 9 nitrogen and oxygen atoms in total. The number of hydrogen-bond acceptors (Lipinski definition) is 9. The van der Waals surface area contributed by atoms with E-state index in [1.807, 2.05) is 30.4 Å². The molecule has 1 aliphatic carbocycles. The number of allylic oxidation sites excluding steroid dienone is 1. The molecule has 0 bridgehead atoms. The minimum atomic E-state index is -0.889. The predicted octanol–water partition coefficient (Wildman–Crippen LogP) is 6.10. The van der Waals surface area contributed by atoms with Crippen LogP contribution in [-0.2, 0) is 16.1 Å². The number of thioether (sulfide) groups is 1. The number of carboxylic acids is 1. The van der Waals surface area contributed by atoms with E-state index in [2.05, 4.69) is 47.0 Å². The third-order valence-electron chi connectivity index (χ3n) is 9.11. The van der Waals surface area contributed by atoms with Gasteiger partial charge in [-0.25, -0.2) is 9.78 Å². The summed E-state index contributed by atoms with van der Waals surface area (Å²) in [6.45, 7) is 9.62. The number of piperidine rings is 1. The number of carboxylic acid groups (broad SMARTS) is 1. The van der Waals surface area contributed by atoms with Gasteiger partial charge in [-0.1, -0.05) is 38.1 Å². The van der Waals surface area contributed by atoms with Crippen LogP contribution in [0.15, 0.2) is 72.1 Å². The van der Waals surface area contributed by atoms with Gasteiger partial charge in [-0.05, 0) is 82.1 Å². The normalized spacial score (nSPS) is 22.9. The number of nitrogens with zero attached hydrogens (tertiary/aromatic N) is 4. The Kier molecular flexibility index (Phi) is 11.7. The summed E-state index contributed by atoms with van der Waals surface area (Å²) in [7, 11) is 0. The second-order valence-corrected chi connectivity index (χ2v) is 13.3. The number of carbonyl (C=O) groups excluding carboxylic acids is 1. The third-order valence-corrected chi connectivity index (χ3v) is 10.1. The molecule has 10 heteroatoms. The summed E-state index contributed by atoms with van der Waals surface area (Å²) in [4.78, 5) is 37.7. The van der Waals surface area contributed by atoms with Crippen molar-refractivity contribution in [3.05, 3.63) is 89.1 Å². The highest BCUT2D eigenvalue weighted by molar-refractivity contribution is 7.99. The Morgan fingerprint density at radius 1 is 1.22 bits per heavy atom. The highest BCUT2D eigenvalue weighted by atomic mass is 32.2. The Labute approximate surface area is 276 Å². The van der Waals surface area contributed by atoms with Crippen LogP contribution in [0.4, 0.5) is 0 Å². The van der Waals surface area contributed by atoms with Crippen molar-refractivity contribution in [2.75, 3.05) is 32.5 Å². The maximum Gasteiger partial charge on any atom is 0.335 e. The molecule has 0 amide bonds. The third kappa shape index (κ3) is 8.27. The standard InChI is InChI=1S/C36H46N4O5S/c1-5-7-30(40(35(46-4)33-16-19-44-33)32-20-27(36(42)43)11-10-24(32)2)22-39-17-14-26(15-18-39)31-8-6-9-34(38-31)45-23-29-13-12-28(21-37-29)25(3)41/h6-13,20-21,24,26,32-33,35H,5,14-19,22-23H2,1-4H3,(H,42,43)/b30-7+. The van der Waals surface area contributed by atoms with Gasteiger partial charge < -0.3 is 19.5 Å². The molecule has 4 heterocycles. The number of aromatic nitrogens is 2. The lowest BCUT2D eigenvalue weighted by atomic mass is 9.90. The lowest BCUT2D eigenvalue weighted by Gasteiger charge is -2.48. The smallest absolute Gasteiger partial charge is 0.335 e. The fourth-order valence-corrected chi connectivity index (χ4v) is 7.41. The molecule has 2 aliphatic heterocycles. The van der Waals surface area contributed by atoms with Crippen LogP contribution in [-0.4, -0.2) is 86.6 Å². The molecule has 2 saturated heterocycles. The summed E-state index contributed by atoms with van der Waals surface area (Å²) >= 11 is 1.79. The van der Waals surface area contributed by atoms with Crippen LogP contribution in [0, 0.1) is 5.92 Å². The molecule has 0 spiro atoms. The Balaban J connectivity index is 1.25. The van der Waals surface area contributed by atoms with E-state index < -0.39 is 5.97 Å². The summed E-state index contributed by atoms with van der Waals surface area (Å²) in [6, 6.07) is 9.47. The fourth-order valence-electron chi connectivity index (χ4n) is 6.39. The van der Waals surface area contributed by atoms with Crippen molar-refractivity contribution < 1.29 is 24.2 Å². The molecule has 5 rings (SSSR count). The van der Waals surface area contributed by atoms with E-state index in [0.29, 0.717) is 22.9 Å². The summed E-state index contributed by atoms with van der Waals surface area (Å²) in [6.07, 6.45) is 15.7. The minimum absolute atomic E-state index is 0.00882. The van der Waals surface area contributed by atoms with Gasteiger partial charge in [0.15, 0.2) is 5.78 Å². The molecule has 4 unspecified atom stereocenters. The van der Waals surface area contributed by atoms with E-state index in [0.717, 1.165) is 63.3 Å². The molecule has 2 aromatic rings. The molecule has 1 N–H and O–H groups in total. The van der Waals surface area contributed by atoms with E-state index in [1.165, 1.54) is 12.6 Å². The van der Waals surface area contributed by atoms with Crippen LogP contribution in [0.3, 0.4) is 0 Å². The average Bonchev–Trinajstić information content (AvgIpc) is 3.04. The van der Waals surface area contributed by atoms with Gasteiger partial charge in [-0.2, -0.15) is 0 Å². The van der Waals surface area contributed by atoms with Crippen LogP contribution in [0.2, 0.25) is 0 Å². The van der Waals surface area contributed by atoms with Crippen LogP contribution in [0.25, 0.3) is 0 Å². The molecule has 0 radical (unpaired) electrons. The number of likely N-dealkylation sites (tertiary alicyclic amines) is 1. The number of hydrogen-bond donors (Lipinski definition) is 1. The first-order valence-corrected chi connectivity index (χ1v) is 17.6. The van der Waals surface area contributed by atoms with Crippen molar-refractivity contribution in [3.63, 3.8) is 0 Å². The maximum absolute atomic E-state index is 12.0. The molecule has 46 heavy (non-hydrogen) atoms. The quantitative estimate of drug-likeness (QED) is 0.191. The number of aliphatic carboxylic acids is 1. The predicted molar refractivity (Wildman–Crippen MR) is 181 cm³/mol. The molecule has 0 saturated carbocycles. The van der Waals surface area contributed by atoms with Crippen LogP contribution in [0.1, 0.15) is 74.1 Å². The van der Waals surface area contributed by atoms with Crippen molar-refractivity contribution in [2.45, 2.75) is 76.5 Å². The van der Waals surface area contributed by atoms with E-state index in [9.17, 15) is 14.7 Å². The van der Waals surface area contributed by atoms with Gasteiger partial charge in [0.05, 0.1) is 23.4 Å². The zero-order chi connectivity index (χ0) is 32.6. The first-order valence-electron chi connectivity index (χ1n) is 16.3. The van der Waals surface area contributed by atoms with Crippen molar-refractivity contribution in [1.29, 1.82) is 0 Å². The molecule has 2 aromatic heterocycles. The Morgan fingerprint density at radius 2 is 2.00 bits per heavy atom. The van der Waals surface area contributed by atoms with E-state index in [1.54, 1.807) is 30.1 Å². The van der Waals surface area contributed by atoms with E-state index in [4.69, 9.17) is 14.5 Å². The SMILES string of the molecule is CC/C=C(\CN1CCC(c2cccc(OCc3ccc(C(C)=O)cn3)n2)CC1)N(C1C=C(C(=O)O)C=CC1C)C(SC)C1CCO1. The molecular weight excluding hydrogens is 600 g/mol. The largest absolute Gasteiger partial charge is 0.478 e. The molecule has 3 aliphatic rings. The number of pyridine rings is 2. The van der Waals surface area contributed by atoms with Gasteiger partial charge in [0.1, 0.15) is 12.0 Å². The monoisotopic (exact) mass is 646 g/mol. The number of rotatable bonds is 14. The highest BCUT2D eigenvalue weighted by Crippen LogP contribution is 2.37. The van der Waals surface area contributed by atoms with Crippen LogP contribution in [0.5, 0.6) is 5.88 Å². The summed E-state index contributed by atoms with van der Waals surface area (Å²) in [5.41, 5.74) is 3.96. The van der Waals surface area contributed by atoms with E-state index >= 15 is 0 Å². The summed E-state index contributed by atoms with van der Waals surface area (Å²) in [5.74, 6) is 0.187. The molecule has 2 fully saturated rings. The fraction of sp³-hybridized carbons (Fsp3) is 0.500. The zero-order valence-electron chi connectivity index (χ0n) is 27.3. The van der Waals surface area contributed by atoms with Crippen LogP contribution < -0.4 is 4.74 Å². The minimum Gasteiger partial charge on any atom is -0.478 e. The lowest BCUT2D eigenvalue weighted by Crippen LogP contribution is -2.54. The second-order valence-electron chi connectivity index (χ2n) is 12.3. The van der Waals surface area contributed by atoms with Gasteiger partial charge in [-0.15, -0.1) is 11.8 Å².